The van der Waals surface area contributed by atoms with Gasteiger partial charge in [0, 0.05) is 9.50 Å². The Hall–Kier alpha value is -1.11. The first kappa shape index (κ1) is 16.3. The maximum absolute atomic E-state index is 13.6. The number of rotatable bonds is 4. The molecule has 2 rings (SSSR count). The summed E-state index contributed by atoms with van der Waals surface area (Å²) in [6.45, 7) is -0.240. The molecule has 0 unspecified atom stereocenters. The van der Waals surface area contributed by atoms with Gasteiger partial charge in [0.15, 0.2) is 6.61 Å². The number of halogens is 4. The summed E-state index contributed by atoms with van der Waals surface area (Å²) in [7, 11) is 0. The molecule has 2 aromatic rings. The van der Waals surface area contributed by atoms with Crippen LogP contribution in [-0.2, 0) is 4.79 Å². The lowest BCUT2D eigenvalue weighted by atomic mass is 10.3. The van der Waals surface area contributed by atoms with Crippen molar-refractivity contribution in [1.29, 1.82) is 0 Å². The third-order valence-corrected chi connectivity index (χ3v) is 3.81. The number of hydrogen-bond acceptors (Lipinski definition) is 2. The van der Waals surface area contributed by atoms with E-state index in [1.807, 2.05) is 0 Å². The Kier molecular flexibility index (Phi) is 5.61. The number of ether oxygens (including phenoxy) is 1. The lowest BCUT2D eigenvalue weighted by molar-refractivity contribution is -0.118. The van der Waals surface area contributed by atoms with Crippen molar-refractivity contribution in [2.45, 2.75) is 0 Å². The third kappa shape index (κ3) is 4.69. The quantitative estimate of drug-likeness (QED) is 0.729. The van der Waals surface area contributed by atoms with Crippen molar-refractivity contribution in [1.82, 2.24) is 0 Å². The molecule has 0 saturated heterocycles. The molecule has 0 aromatic heterocycles. The molecule has 1 amide bonds. The highest BCUT2D eigenvalue weighted by molar-refractivity contribution is 9.10. The molecule has 0 saturated carbocycles. The topological polar surface area (TPSA) is 38.3 Å². The van der Waals surface area contributed by atoms with E-state index >= 15 is 0 Å². The zero-order valence-electron chi connectivity index (χ0n) is 10.5. The van der Waals surface area contributed by atoms with Crippen molar-refractivity contribution >= 4 is 55.1 Å². The molecule has 0 aliphatic carbocycles. The van der Waals surface area contributed by atoms with Crippen LogP contribution >= 0.6 is 43.5 Å². The van der Waals surface area contributed by atoms with Gasteiger partial charge in [0.05, 0.1) is 10.2 Å². The first-order valence-corrected chi connectivity index (χ1v) is 7.75. The number of amides is 1. The monoisotopic (exact) mass is 435 g/mol. The molecular weight excluding hydrogens is 428 g/mol. The van der Waals surface area contributed by atoms with Crippen LogP contribution in [0.25, 0.3) is 0 Å². The van der Waals surface area contributed by atoms with Crippen LogP contribution in [0.15, 0.2) is 45.3 Å². The minimum atomic E-state index is -0.523. The Balaban J connectivity index is 1.96. The molecule has 0 aliphatic heterocycles. The molecule has 110 valence electrons. The van der Waals surface area contributed by atoms with E-state index in [9.17, 15) is 9.18 Å². The summed E-state index contributed by atoms with van der Waals surface area (Å²) in [6.07, 6.45) is 0. The van der Waals surface area contributed by atoms with Gasteiger partial charge in [0.1, 0.15) is 11.6 Å². The van der Waals surface area contributed by atoms with Crippen LogP contribution in [0.4, 0.5) is 10.1 Å². The number of benzene rings is 2. The molecule has 0 bridgehead atoms. The predicted molar refractivity (Wildman–Crippen MR) is 87.4 cm³/mol. The lowest BCUT2D eigenvalue weighted by Crippen LogP contribution is -2.20. The molecule has 0 spiro atoms. The number of nitrogens with one attached hydrogen (secondary N) is 1. The highest BCUT2D eigenvalue weighted by Gasteiger charge is 2.09. The van der Waals surface area contributed by atoms with Crippen LogP contribution in [0.2, 0.25) is 5.02 Å². The molecule has 0 aliphatic rings. The van der Waals surface area contributed by atoms with Gasteiger partial charge in [-0.05, 0) is 52.3 Å². The summed E-state index contributed by atoms with van der Waals surface area (Å²) in [6, 6.07) is 9.31. The van der Waals surface area contributed by atoms with Gasteiger partial charge in [-0.3, -0.25) is 4.79 Å². The zero-order chi connectivity index (χ0) is 15.4. The summed E-state index contributed by atoms with van der Waals surface area (Å²) >= 11 is 12.2. The van der Waals surface area contributed by atoms with Crippen LogP contribution in [-0.4, -0.2) is 12.5 Å². The standard InChI is InChI=1S/C14H9Br2ClFNO2/c15-8-1-3-12(11(18)5-8)19-14(20)7-21-13-4-2-9(17)6-10(13)16/h1-6H,7H2,(H,19,20). The summed E-state index contributed by atoms with van der Waals surface area (Å²) < 4.78 is 20.1. The van der Waals surface area contributed by atoms with Gasteiger partial charge in [-0.2, -0.15) is 0 Å². The minimum absolute atomic E-state index is 0.0990. The second-order valence-corrected chi connectivity index (χ2v) is 6.24. The molecule has 0 atom stereocenters. The fraction of sp³-hybridized carbons (Fsp3) is 0.0714. The first-order chi connectivity index (χ1) is 9.95. The van der Waals surface area contributed by atoms with E-state index < -0.39 is 11.7 Å². The van der Waals surface area contributed by atoms with Crippen LogP contribution in [0, 0.1) is 5.82 Å². The molecule has 1 N–H and O–H groups in total. The zero-order valence-corrected chi connectivity index (χ0v) is 14.4. The molecule has 2 aromatic carbocycles. The van der Waals surface area contributed by atoms with Crippen molar-refractivity contribution in [3.63, 3.8) is 0 Å². The summed E-state index contributed by atoms with van der Waals surface area (Å²) in [5.41, 5.74) is 0.0990. The smallest absolute Gasteiger partial charge is 0.262 e. The van der Waals surface area contributed by atoms with E-state index in [0.717, 1.165) is 0 Å². The highest BCUT2D eigenvalue weighted by Crippen LogP contribution is 2.28. The molecule has 0 fully saturated rings. The minimum Gasteiger partial charge on any atom is -0.483 e. The van der Waals surface area contributed by atoms with Gasteiger partial charge in [0.2, 0.25) is 0 Å². The second kappa shape index (κ2) is 7.24. The molecular formula is C14H9Br2ClFNO2. The summed E-state index contributed by atoms with van der Waals surface area (Å²) in [5.74, 6) is -0.505. The van der Waals surface area contributed by atoms with Crippen LogP contribution in [0.5, 0.6) is 5.75 Å². The van der Waals surface area contributed by atoms with E-state index in [0.29, 0.717) is 19.7 Å². The summed E-state index contributed by atoms with van der Waals surface area (Å²) in [5, 5.41) is 2.99. The van der Waals surface area contributed by atoms with Crippen LogP contribution < -0.4 is 10.1 Å². The maximum atomic E-state index is 13.6. The Morgan fingerprint density at radius 1 is 1.24 bits per heavy atom. The van der Waals surface area contributed by atoms with E-state index in [1.54, 1.807) is 24.3 Å². The maximum Gasteiger partial charge on any atom is 0.262 e. The largest absolute Gasteiger partial charge is 0.483 e. The van der Waals surface area contributed by atoms with Gasteiger partial charge in [0.25, 0.3) is 5.91 Å². The molecule has 3 nitrogen and oxygen atoms in total. The second-order valence-electron chi connectivity index (χ2n) is 4.04. The fourth-order valence-corrected chi connectivity index (χ4v) is 2.64. The van der Waals surface area contributed by atoms with Crippen molar-refractivity contribution in [2.24, 2.45) is 0 Å². The fourth-order valence-electron chi connectivity index (χ4n) is 1.51. The third-order valence-electron chi connectivity index (χ3n) is 2.46. The average Bonchev–Trinajstić information content (AvgIpc) is 2.41. The van der Waals surface area contributed by atoms with Crippen molar-refractivity contribution in [3.05, 3.63) is 56.2 Å². The van der Waals surface area contributed by atoms with E-state index in [2.05, 4.69) is 37.2 Å². The van der Waals surface area contributed by atoms with Gasteiger partial charge < -0.3 is 10.1 Å². The highest BCUT2D eigenvalue weighted by atomic mass is 79.9. The SMILES string of the molecule is O=C(COc1ccc(Cl)cc1Br)Nc1ccc(Br)cc1F. The van der Waals surface area contributed by atoms with Crippen molar-refractivity contribution in [2.75, 3.05) is 11.9 Å². The van der Waals surface area contributed by atoms with Crippen molar-refractivity contribution in [3.8, 4) is 5.75 Å². The van der Waals surface area contributed by atoms with E-state index in [4.69, 9.17) is 16.3 Å². The average molecular weight is 437 g/mol. The normalized spacial score (nSPS) is 10.3. The Bertz CT molecular complexity index is 682. The number of carbonyl (C=O) groups is 1. The van der Waals surface area contributed by atoms with Crippen LogP contribution in [0.1, 0.15) is 0 Å². The van der Waals surface area contributed by atoms with E-state index in [-0.39, 0.29) is 12.3 Å². The number of anilines is 1. The molecule has 0 radical (unpaired) electrons. The van der Waals surface area contributed by atoms with Crippen molar-refractivity contribution < 1.29 is 13.9 Å². The summed E-state index contributed by atoms with van der Waals surface area (Å²) in [4.78, 5) is 11.7. The molecule has 0 heterocycles. The lowest BCUT2D eigenvalue weighted by Gasteiger charge is -2.09. The van der Waals surface area contributed by atoms with Gasteiger partial charge in [-0.15, -0.1) is 0 Å². The Morgan fingerprint density at radius 3 is 2.67 bits per heavy atom. The predicted octanol–water partition coefficient (Wildman–Crippen LogP) is 5.02. The Labute approximate surface area is 142 Å². The number of carbonyl (C=O) groups excluding carboxylic acids is 1. The van der Waals surface area contributed by atoms with E-state index in [1.165, 1.54) is 12.1 Å². The molecule has 21 heavy (non-hydrogen) atoms. The molecule has 7 heteroatoms. The van der Waals surface area contributed by atoms with Gasteiger partial charge >= 0.3 is 0 Å². The Morgan fingerprint density at radius 2 is 2.00 bits per heavy atom. The van der Waals surface area contributed by atoms with Gasteiger partial charge in [-0.1, -0.05) is 27.5 Å². The van der Waals surface area contributed by atoms with Crippen LogP contribution in [0.3, 0.4) is 0 Å². The number of hydrogen-bond donors (Lipinski definition) is 1. The van der Waals surface area contributed by atoms with Gasteiger partial charge in [-0.25, -0.2) is 4.39 Å². The first-order valence-electron chi connectivity index (χ1n) is 5.78.